The molecule has 0 amide bonds. The molecule has 3 heteroatoms. The summed E-state index contributed by atoms with van der Waals surface area (Å²) in [6.45, 7) is 10.9. The van der Waals surface area contributed by atoms with Crippen LogP contribution in [0.25, 0.3) is 0 Å². The molecule has 1 saturated carbocycles. The Morgan fingerprint density at radius 3 is 2.48 bits per heavy atom. The van der Waals surface area contributed by atoms with Gasteiger partial charge >= 0.3 is 5.97 Å². The van der Waals surface area contributed by atoms with E-state index in [1.54, 1.807) is 7.11 Å². The van der Waals surface area contributed by atoms with Gasteiger partial charge in [-0.2, -0.15) is 0 Å². The Morgan fingerprint density at radius 1 is 1.39 bits per heavy atom. The van der Waals surface area contributed by atoms with Crippen LogP contribution in [0, 0.1) is 18.8 Å². The van der Waals surface area contributed by atoms with Crippen molar-refractivity contribution in [2.75, 3.05) is 7.11 Å². The average molecular weight is 318 g/mol. The quantitative estimate of drug-likeness (QED) is 0.811. The minimum atomic E-state index is -0.642. The van der Waals surface area contributed by atoms with Crippen molar-refractivity contribution < 1.29 is 14.6 Å². The molecular formula is C20H30O3. The van der Waals surface area contributed by atoms with Gasteiger partial charge in [0.15, 0.2) is 0 Å². The van der Waals surface area contributed by atoms with Gasteiger partial charge in [0.25, 0.3) is 0 Å². The van der Waals surface area contributed by atoms with E-state index in [2.05, 4.69) is 46.8 Å². The van der Waals surface area contributed by atoms with Gasteiger partial charge in [-0.3, -0.25) is 4.79 Å². The van der Waals surface area contributed by atoms with Crippen LogP contribution in [0.3, 0.4) is 0 Å². The smallest absolute Gasteiger partial charge is 0.306 e. The molecule has 0 spiro atoms. The molecule has 1 aromatic rings. The number of benzene rings is 1. The maximum Gasteiger partial charge on any atom is 0.306 e. The van der Waals surface area contributed by atoms with E-state index in [9.17, 15) is 4.79 Å². The second-order valence-corrected chi connectivity index (χ2v) is 7.97. The zero-order chi connectivity index (χ0) is 17.4. The Kier molecular flexibility index (Phi) is 5.07. The number of hydrogen-bond acceptors (Lipinski definition) is 2. The summed E-state index contributed by atoms with van der Waals surface area (Å²) >= 11 is 0. The Bertz CT molecular complexity index is 583. The number of carboxylic acid groups (broad SMARTS) is 1. The van der Waals surface area contributed by atoms with Crippen molar-refractivity contribution >= 4 is 5.97 Å². The van der Waals surface area contributed by atoms with Crippen LogP contribution in [0.4, 0.5) is 0 Å². The molecule has 1 fully saturated rings. The van der Waals surface area contributed by atoms with Crippen molar-refractivity contribution in [1.29, 1.82) is 0 Å². The number of methoxy groups -OCH3 is 1. The summed E-state index contributed by atoms with van der Waals surface area (Å²) in [5.74, 6) is 0.891. The van der Waals surface area contributed by atoms with Gasteiger partial charge in [-0.1, -0.05) is 45.4 Å². The molecule has 0 aliphatic heterocycles. The molecule has 0 saturated heterocycles. The molecule has 1 aliphatic rings. The van der Waals surface area contributed by atoms with E-state index >= 15 is 0 Å². The summed E-state index contributed by atoms with van der Waals surface area (Å²) < 4.78 is 5.80. The largest absolute Gasteiger partial charge is 0.496 e. The molecule has 0 bridgehead atoms. The first-order valence-electron chi connectivity index (χ1n) is 8.60. The SMILES string of the molecule is CCC(CC1CC1C(=O)O)c1cc(C)cc(C(C)(C)C)c1OC. The number of ether oxygens (including phenoxy) is 1. The lowest BCUT2D eigenvalue weighted by Gasteiger charge is -2.27. The molecule has 0 heterocycles. The van der Waals surface area contributed by atoms with E-state index in [1.165, 1.54) is 16.7 Å². The third-order valence-electron chi connectivity index (χ3n) is 5.03. The Labute approximate surface area is 140 Å². The highest BCUT2D eigenvalue weighted by Crippen LogP contribution is 2.48. The topological polar surface area (TPSA) is 46.5 Å². The predicted molar refractivity (Wildman–Crippen MR) is 93.3 cm³/mol. The molecule has 1 N–H and O–H groups in total. The van der Waals surface area contributed by atoms with Gasteiger partial charge in [0, 0.05) is 5.56 Å². The Morgan fingerprint density at radius 2 is 2.04 bits per heavy atom. The fourth-order valence-corrected chi connectivity index (χ4v) is 3.58. The maximum atomic E-state index is 11.1. The van der Waals surface area contributed by atoms with Gasteiger partial charge in [0.2, 0.25) is 0 Å². The van der Waals surface area contributed by atoms with Gasteiger partial charge in [0.05, 0.1) is 13.0 Å². The maximum absolute atomic E-state index is 11.1. The van der Waals surface area contributed by atoms with Crippen molar-refractivity contribution in [2.24, 2.45) is 11.8 Å². The summed E-state index contributed by atoms with van der Waals surface area (Å²) in [5, 5.41) is 9.15. The van der Waals surface area contributed by atoms with Crippen molar-refractivity contribution in [3.63, 3.8) is 0 Å². The normalized spacial score (nSPS) is 21.8. The summed E-state index contributed by atoms with van der Waals surface area (Å²) in [6.07, 6.45) is 2.77. The molecular weight excluding hydrogens is 288 g/mol. The van der Waals surface area contributed by atoms with Crippen LogP contribution in [0.5, 0.6) is 5.75 Å². The lowest BCUT2D eigenvalue weighted by atomic mass is 9.80. The highest BCUT2D eigenvalue weighted by atomic mass is 16.5. The fraction of sp³-hybridized carbons (Fsp3) is 0.650. The first kappa shape index (κ1) is 17.8. The number of carboxylic acids is 1. The number of carbonyl (C=O) groups is 1. The van der Waals surface area contributed by atoms with Gasteiger partial charge in [-0.25, -0.2) is 0 Å². The summed E-state index contributed by atoms with van der Waals surface area (Å²) in [6, 6.07) is 4.44. The van der Waals surface area contributed by atoms with E-state index in [1.807, 2.05) is 0 Å². The van der Waals surface area contributed by atoms with Crippen LogP contribution in [0.1, 0.15) is 69.6 Å². The predicted octanol–water partition coefficient (Wildman–Crippen LogP) is 4.91. The van der Waals surface area contributed by atoms with E-state index in [-0.39, 0.29) is 11.3 Å². The van der Waals surface area contributed by atoms with Crippen LogP contribution >= 0.6 is 0 Å². The molecule has 2 rings (SSSR count). The molecule has 0 aromatic heterocycles. The molecule has 3 unspecified atom stereocenters. The highest BCUT2D eigenvalue weighted by Gasteiger charge is 2.44. The third-order valence-corrected chi connectivity index (χ3v) is 5.03. The van der Waals surface area contributed by atoms with Gasteiger partial charge in [-0.15, -0.1) is 0 Å². The van der Waals surface area contributed by atoms with E-state index in [0.29, 0.717) is 11.8 Å². The minimum Gasteiger partial charge on any atom is -0.496 e. The van der Waals surface area contributed by atoms with Gasteiger partial charge in [0.1, 0.15) is 5.75 Å². The van der Waals surface area contributed by atoms with Crippen molar-refractivity contribution in [2.45, 2.75) is 65.2 Å². The lowest BCUT2D eigenvalue weighted by Crippen LogP contribution is -2.16. The molecule has 3 nitrogen and oxygen atoms in total. The van der Waals surface area contributed by atoms with E-state index in [0.717, 1.165) is 25.0 Å². The van der Waals surface area contributed by atoms with Crippen LogP contribution in [0.2, 0.25) is 0 Å². The Hall–Kier alpha value is -1.51. The molecule has 23 heavy (non-hydrogen) atoms. The number of aliphatic carboxylic acids is 1. The van der Waals surface area contributed by atoms with Crippen molar-refractivity contribution in [3.05, 3.63) is 28.8 Å². The van der Waals surface area contributed by atoms with Crippen molar-refractivity contribution in [1.82, 2.24) is 0 Å². The van der Waals surface area contributed by atoms with Crippen LogP contribution < -0.4 is 4.74 Å². The standard InChI is InChI=1S/C20H30O3/c1-7-13(10-14-11-16(14)19(21)22)15-8-12(2)9-17(18(15)23-6)20(3,4)5/h8-9,13-14,16H,7,10-11H2,1-6H3,(H,21,22). The van der Waals surface area contributed by atoms with E-state index < -0.39 is 5.97 Å². The van der Waals surface area contributed by atoms with Gasteiger partial charge < -0.3 is 9.84 Å². The van der Waals surface area contributed by atoms with Crippen LogP contribution in [-0.2, 0) is 10.2 Å². The first-order valence-corrected chi connectivity index (χ1v) is 8.60. The Balaban J connectivity index is 2.36. The summed E-state index contributed by atoms with van der Waals surface area (Å²) in [4.78, 5) is 11.1. The van der Waals surface area contributed by atoms with Crippen molar-refractivity contribution in [3.8, 4) is 5.75 Å². The zero-order valence-corrected chi connectivity index (χ0v) is 15.3. The molecule has 1 aromatic carbocycles. The summed E-state index contributed by atoms with van der Waals surface area (Å²) in [7, 11) is 1.74. The number of aryl methyl sites for hydroxylation is 1. The third kappa shape index (κ3) is 3.88. The second kappa shape index (κ2) is 6.54. The lowest BCUT2D eigenvalue weighted by molar-refractivity contribution is -0.138. The zero-order valence-electron chi connectivity index (χ0n) is 15.3. The highest BCUT2D eigenvalue weighted by molar-refractivity contribution is 5.73. The molecule has 128 valence electrons. The molecule has 1 aliphatic carbocycles. The average Bonchev–Trinajstić information content (AvgIpc) is 3.22. The minimum absolute atomic E-state index is 0.0214. The number of hydrogen-bond donors (Lipinski definition) is 1. The van der Waals surface area contributed by atoms with Crippen LogP contribution in [-0.4, -0.2) is 18.2 Å². The first-order chi connectivity index (χ1) is 10.7. The molecule has 0 radical (unpaired) electrons. The van der Waals surface area contributed by atoms with Crippen LogP contribution in [0.15, 0.2) is 12.1 Å². The second-order valence-electron chi connectivity index (χ2n) is 7.97. The number of rotatable bonds is 6. The monoisotopic (exact) mass is 318 g/mol. The fourth-order valence-electron chi connectivity index (χ4n) is 3.58. The molecule has 3 atom stereocenters. The van der Waals surface area contributed by atoms with Gasteiger partial charge in [-0.05, 0) is 49.0 Å². The van der Waals surface area contributed by atoms with E-state index in [4.69, 9.17) is 9.84 Å². The summed E-state index contributed by atoms with van der Waals surface area (Å²) in [5.41, 5.74) is 3.75.